The number of benzene rings is 2. The van der Waals surface area contributed by atoms with Crippen LogP contribution in [0.3, 0.4) is 0 Å². The van der Waals surface area contributed by atoms with Crippen molar-refractivity contribution in [3.8, 4) is 17.0 Å². The van der Waals surface area contributed by atoms with E-state index in [2.05, 4.69) is 10.3 Å². The van der Waals surface area contributed by atoms with Gasteiger partial charge in [-0.1, -0.05) is 36.4 Å². The Labute approximate surface area is 145 Å². The van der Waals surface area contributed by atoms with Crippen LogP contribution >= 0.6 is 11.3 Å². The maximum absolute atomic E-state index is 12.2. The van der Waals surface area contributed by atoms with Gasteiger partial charge in [-0.05, 0) is 24.6 Å². The lowest BCUT2D eigenvalue weighted by molar-refractivity contribution is -0.115. The molecule has 4 nitrogen and oxygen atoms in total. The molecule has 0 saturated heterocycles. The van der Waals surface area contributed by atoms with Crippen LogP contribution in [0.5, 0.6) is 5.75 Å². The summed E-state index contributed by atoms with van der Waals surface area (Å²) >= 11 is 1.63. The van der Waals surface area contributed by atoms with Gasteiger partial charge in [-0.3, -0.25) is 4.79 Å². The van der Waals surface area contributed by atoms with Gasteiger partial charge in [0.1, 0.15) is 5.75 Å². The predicted molar refractivity (Wildman–Crippen MR) is 97.6 cm³/mol. The highest BCUT2D eigenvalue weighted by Gasteiger charge is 2.08. The van der Waals surface area contributed by atoms with Gasteiger partial charge in [0.2, 0.25) is 5.91 Å². The topological polar surface area (TPSA) is 51.2 Å². The first-order chi connectivity index (χ1) is 11.7. The molecule has 0 unspecified atom stereocenters. The van der Waals surface area contributed by atoms with Crippen molar-refractivity contribution in [3.05, 3.63) is 64.5 Å². The third-order valence-corrected chi connectivity index (χ3v) is 4.39. The van der Waals surface area contributed by atoms with Crippen LogP contribution in [0.1, 0.15) is 10.6 Å². The Kier molecular flexibility index (Phi) is 4.91. The summed E-state index contributed by atoms with van der Waals surface area (Å²) in [5.41, 5.74) is 3.67. The normalized spacial score (nSPS) is 10.4. The van der Waals surface area contributed by atoms with Crippen LogP contribution in [0.4, 0.5) is 5.69 Å². The largest absolute Gasteiger partial charge is 0.495 e. The van der Waals surface area contributed by atoms with Gasteiger partial charge in [-0.15, -0.1) is 11.3 Å². The van der Waals surface area contributed by atoms with Crippen LogP contribution in [-0.2, 0) is 11.2 Å². The van der Waals surface area contributed by atoms with Crippen molar-refractivity contribution < 1.29 is 9.53 Å². The third-order valence-electron chi connectivity index (χ3n) is 3.61. The molecule has 24 heavy (non-hydrogen) atoms. The molecule has 0 fully saturated rings. The fourth-order valence-electron chi connectivity index (χ4n) is 2.42. The third kappa shape index (κ3) is 3.81. The van der Waals surface area contributed by atoms with Crippen molar-refractivity contribution in [1.82, 2.24) is 4.98 Å². The van der Waals surface area contributed by atoms with E-state index >= 15 is 0 Å². The zero-order valence-corrected chi connectivity index (χ0v) is 14.4. The second-order valence-corrected chi connectivity index (χ2v) is 6.44. The van der Waals surface area contributed by atoms with Gasteiger partial charge in [0, 0.05) is 10.9 Å². The standard InChI is InChI=1S/C19H18N2O2S/c1-13-20-17(12-24-13)15-9-7-14(8-10-15)11-19(22)21-16-5-3-4-6-18(16)23-2/h3-10,12H,11H2,1-2H3,(H,21,22). The fourth-order valence-corrected chi connectivity index (χ4v) is 3.04. The molecule has 5 heteroatoms. The van der Waals surface area contributed by atoms with Crippen LogP contribution in [0.2, 0.25) is 0 Å². The lowest BCUT2D eigenvalue weighted by atomic mass is 10.1. The molecule has 0 aliphatic heterocycles. The number of hydrogen-bond acceptors (Lipinski definition) is 4. The summed E-state index contributed by atoms with van der Waals surface area (Å²) in [5.74, 6) is 0.580. The highest BCUT2D eigenvalue weighted by atomic mass is 32.1. The van der Waals surface area contributed by atoms with E-state index in [4.69, 9.17) is 4.74 Å². The Morgan fingerprint density at radius 2 is 1.92 bits per heavy atom. The number of carbonyl (C=O) groups excluding carboxylic acids is 1. The number of rotatable bonds is 5. The molecule has 3 aromatic rings. The molecule has 0 radical (unpaired) electrons. The van der Waals surface area contributed by atoms with Gasteiger partial charge in [0.25, 0.3) is 0 Å². The summed E-state index contributed by atoms with van der Waals surface area (Å²) in [4.78, 5) is 16.7. The first kappa shape index (κ1) is 16.2. The van der Waals surface area contributed by atoms with Gasteiger partial charge in [0.15, 0.2) is 0 Å². The highest BCUT2D eigenvalue weighted by Crippen LogP contribution is 2.24. The quantitative estimate of drug-likeness (QED) is 0.754. The van der Waals surface area contributed by atoms with Crippen LogP contribution < -0.4 is 10.1 Å². The van der Waals surface area contributed by atoms with E-state index < -0.39 is 0 Å². The second-order valence-electron chi connectivity index (χ2n) is 5.37. The number of para-hydroxylation sites is 2. The average Bonchev–Trinajstić information content (AvgIpc) is 3.02. The van der Waals surface area contributed by atoms with Crippen LogP contribution in [0.15, 0.2) is 53.9 Å². The van der Waals surface area contributed by atoms with E-state index in [0.717, 1.165) is 21.8 Å². The summed E-state index contributed by atoms with van der Waals surface area (Å²) in [6, 6.07) is 15.3. The molecular weight excluding hydrogens is 320 g/mol. The number of methoxy groups -OCH3 is 1. The number of ether oxygens (including phenoxy) is 1. The zero-order valence-electron chi connectivity index (χ0n) is 13.6. The number of nitrogens with one attached hydrogen (secondary N) is 1. The van der Waals surface area contributed by atoms with Crippen molar-refractivity contribution in [1.29, 1.82) is 0 Å². The second kappa shape index (κ2) is 7.27. The van der Waals surface area contributed by atoms with Gasteiger partial charge < -0.3 is 10.1 Å². The molecule has 1 aromatic heterocycles. The van der Waals surface area contributed by atoms with Gasteiger partial charge in [0.05, 0.1) is 29.9 Å². The molecule has 122 valence electrons. The molecule has 0 spiro atoms. The number of nitrogens with zero attached hydrogens (tertiary/aromatic N) is 1. The Hall–Kier alpha value is -2.66. The molecule has 0 saturated carbocycles. The number of anilines is 1. The molecule has 1 N–H and O–H groups in total. The maximum atomic E-state index is 12.2. The Balaban J connectivity index is 1.66. The average molecular weight is 338 g/mol. The van der Waals surface area contributed by atoms with Gasteiger partial charge in [-0.2, -0.15) is 0 Å². The lowest BCUT2D eigenvalue weighted by Gasteiger charge is -2.10. The SMILES string of the molecule is COc1ccccc1NC(=O)Cc1ccc(-c2csc(C)n2)cc1. The number of aryl methyl sites for hydroxylation is 1. The first-order valence-electron chi connectivity index (χ1n) is 7.60. The van der Waals surface area contributed by atoms with Crippen LogP contribution in [0, 0.1) is 6.92 Å². The molecule has 0 atom stereocenters. The van der Waals surface area contributed by atoms with Gasteiger partial charge in [-0.25, -0.2) is 4.98 Å². The fraction of sp³-hybridized carbons (Fsp3) is 0.158. The van der Waals surface area contributed by atoms with E-state index in [1.54, 1.807) is 18.4 Å². The Morgan fingerprint density at radius 3 is 2.58 bits per heavy atom. The molecule has 1 amide bonds. The van der Waals surface area contributed by atoms with Crippen molar-refractivity contribution in [2.24, 2.45) is 0 Å². The molecule has 0 aliphatic carbocycles. The van der Waals surface area contributed by atoms with E-state index in [9.17, 15) is 4.79 Å². The number of carbonyl (C=O) groups is 1. The van der Waals surface area contributed by atoms with Crippen molar-refractivity contribution >= 4 is 22.9 Å². The summed E-state index contributed by atoms with van der Waals surface area (Å²) in [6.45, 7) is 1.99. The van der Waals surface area contributed by atoms with E-state index in [1.165, 1.54) is 0 Å². The first-order valence-corrected chi connectivity index (χ1v) is 8.48. The minimum Gasteiger partial charge on any atom is -0.495 e. The molecule has 0 aliphatic rings. The smallest absolute Gasteiger partial charge is 0.228 e. The summed E-state index contributed by atoms with van der Waals surface area (Å²) in [6.07, 6.45) is 0.314. The number of amides is 1. The maximum Gasteiger partial charge on any atom is 0.228 e. The minimum atomic E-state index is -0.0725. The molecule has 0 bridgehead atoms. The van der Waals surface area contributed by atoms with Crippen LogP contribution in [-0.4, -0.2) is 18.0 Å². The minimum absolute atomic E-state index is 0.0725. The van der Waals surface area contributed by atoms with Crippen LogP contribution in [0.25, 0.3) is 11.3 Å². The van der Waals surface area contributed by atoms with E-state index in [0.29, 0.717) is 17.9 Å². The summed E-state index contributed by atoms with van der Waals surface area (Å²) in [5, 5.41) is 5.97. The van der Waals surface area contributed by atoms with E-state index in [1.807, 2.05) is 60.8 Å². The molecular formula is C19H18N2O2S. The van der Waals surface area contributed by atoms with Crippen molar-refractivity contribution in [3.63, 3.8) is 0 Å². The zero-order chi connectivity index (χ0) is 16.9. The van der Waals surface area contributed by atoms with E-state index in [-0.39, 0.29) is 5.91 Å². The number of thiazole rings is 1. The van der Waals surface area contributed by atoms with Crippen molar-refractivity contribution in [2.45, 2.75) is 13.3 Å². The van der Waals surface area contributed by atoms with Gasteiger partial charge >= 0.3 is 0 Å². The Morgan fingerprint density at radius 1 is 1.17 bits per heavy atom. The predicted octanol–water partition coefficient (Wildman–Crippen LogP) is 4.31. The highest BCUT2D eigenvalue weighted by molar-refractivity contribution is 7.09. The molecule has 3 rings (SSSR count). The number of aromatic nitrogens is 1. The molecule has 1 heterocycles. The molecule has 2 aromatic carbocycles. The lowest BCUT2D eigenvalue weighted by Crippen LogP contribution is -2.14. The number of hydrogen-bond donors (Lipinski definition) is 1. The van der Waals surface area contributed by atoms with Crippen molar-refractivity contribution in [2.75, 3.05) is 12.4 Å². The summed E-state index contributed by atoms with van der Waals surface area (Å²) in [7, 11) is 1.59. The monoisotopic (exact) mass is 338 g/mol. The summed E-state index contributed by atoms with van der Waals surface area (Å²) < 4.78 is 5.24. The Bertz CT molecular complexity index is 841.